The molecule has 0 aromatic heterocycles. The van der Waals surface area contributed by atoms with Gasteiger partial charge in [-0.3, -0.25) is 19.9 Å². The van der Waals surface area contributed by atoms with E-state index in [9.17, 15) is 14.9 Å². The minimum atomic E-state index is -0.861. The number of para-hydroxylation sites is 1. The quantitative estimate of drug-likeness (QED) is 0.262. The number of benzene rings is 1. The van der Waals surface area contributed by atoms with E-state index in [1.807, 2.05) is 6.08 Å². The van der Waals surface area contributed by atoms with E-state index in [1.54, 1.807) is 6.08 Å². The van der Waals surface area contributed by atoms with Crippen LogP contribution in [0.15, 0.2) is 59.8 Å². The summed E-state index contributed by atoms with van der Waals surface area (Å²) in [6.07, 6.45) is 7.03. The molecule has 1 aromatic carbocycles. The molecule has 1 atom stereocenters. The van der Waals surface area contributed by atoms with E-state index in [0.29, 0.717) is 11.6 Å². The first-order valence-electron chi connectivity index (χ1n) is 8.86. The van der Waals surface area contributed by atoms with Crippen molar-refractivity contribution >= 4 is 17.8 Å². The van der Waals surface area contributed by atoms with Gasteiger partial charge in [0.1, 0.15) is 5.56 Å². The van der Waals surface area contributed by atoms with Crippen molar-refractivity contribution in [2.24, 2.45) is 16.6 Å². The molecule has 0 radical (unpaired) electrons. The number of nitrogens with two attached hydrogens (primary N) is 1. The Morgan fingerprint density at radius 1 is 1.29 bits per heavy atom. The van der Waals surface area contributed by atoms with Crippen LogP contribution in [0.25, 0.3) is 0 Å². The maximum absolute atomic E-state index is 11.3. The van der Waals surface area contributed by atoms with Crippen LogP contribution in [0.3, 0.4) is 0 Å². The Kier molecular flexibility index (Phi) is 13.7. The fourth-order valence-electron chi connectivity index (χ4n) is 1.89. The van der Waals surface area contributed by atoms with Crippen molar-refractivity contribution in [3.05, 3.63) is 76.0 Å². The van der Waals surface area contributed by atoms with Gasteiger partial charge in [0.25, 0.3) is 11.6 Å². The highest BCUT2D eigenvalue weighted by Crippen LogP contribution is 2.22. The number of hydrogen-bond acceptors (Lipinski definition) is 4. The largest absolute Gasteiger partial charge is 0.365 e. The number of nitro benzene ring substituents is 1. The Labute approximate surface area is 168 Å². The van der Waals surface area contributed by atoms with Crippen molar-refractivity contribution < 1.29 is 9.72 Å². The van der Waals surface area contributed by atoms with Gasteiger partial charge in [0.15, 0.2) is 0 Å². The number of aliphatic imine (C=N–C) groups is 1. The first kappa shape index (κ1) is 27.2. The summed E-state index contributed by atoms with van der Waals surface area (Å²) in [4.78, 5) is 26.0. The van der Waals surface area contributed by atoms with Gasteiger partial charge in [-0.05, 0) is 30.5 Å². The Morgan fingerprint density at radius 3 is 2.32 bits per heavy atom. The number of primary amides is 1. The van der Waals surface area contributed by atoms with Crippen LogP contribution in [0.4, 0.5) is 5.69 Å². The SMILES string of the molecule is C.C=C(/C=C\C(=C)[C@H](C)CC)N=Cc1cccc(C(N)=O)c1[N+](=O)[O-].CCC. The van der Waals surface area contributed by atoms with Crippen LogP contribution in [0.1, 0.15) is 63.9 Å². The summed E-state index contributed by atoms with van der Waals surface area (Å²) in [5.41, 5.74) is 6.21. The Morgan fingerprint density at radius 2 is 1.86 bits per heavy atom. The molecule has 0 heterocycles. The smallest absolute Gasteiger partial charge is 0.290 e. The molecular weight excluding hydrogens is 354 g/mol. The number of rotatable bonds is 8. The summed E-state index contributed by atoms with van der Waals surface area (Å²) < 4.78 is 0. The topological polar surface area (TPSA) is 98.6 Å². The lowest BCUT2D eigenvalue weighted by Crippen LogP contribution is -2.14. The average Bonchev–Trinajstić information content (AvgIpc) is 2.63. The van der Waals surface area contributed by atoms with E-state index >= 15 is 0 Å². The molecule has 0 aliphatic carbocycles. The molecule has 1 rings (SSSR count). The van der Waals surface area contributed by atoms with E-state index in [0.717, 1.165) is 12.0 Å². The molecule has 0 unspecified atom stereocenters. The second-order valence-electron chi connectivity index (χ2n) is 6.04. The Hall–Kier alpha value is -3.02. The zero-order chi connectivity index (χ0) is 21.0. The highest BCUT2D eigenvalue weighted by molar-refractivity contribution is 6.01. The Bertz CT molecular complexity index is 749. The molecule has 154 valence electrons. The molecule has 6 heteroatoms. The van der Waals surface area contributed by atoms with E-state index < -0.39 is 10.8 Å². The minimum absolute atomic E-state index is 0. The van der Waals surface area contributed by atoms with Gasteiger partial charge in [-0.2, -0.15) is 0 Å². The van der Waals surface area contributed by atoms with Gasteiger partial charge in [0.05, 0.1) is 16.2 Å². The molecule has 0 bridgehead atoms. The number of allylic oxidation sites excluding steroid dienone is 3. The fourth-order valence-corrected chi connectivity index (χ4v) is 1.89. The third-order valence-electron chi connectivity index (χ3n) is 3.62. The predicted octanol–water partition coefficient (Wildman–Crippen LogP) is 5.84. The molecule has 0 aliphatic heterocycles. The Balaban J connectivity index is 0. The molecule has 0 fully saturated rings. The molecule has 28 heavy (non-hydrogen) atoms. The zero-order valence-electron chi connectivity index (χ0n) is 16.6. The summed E-state index contributed by atoms with van der Waals surface area (Å²) in [7, 11) is 0. The third kappa shape index (κ3) is 9.07. The van der Waals surface area contributed by atoms with Crippen LogP contribution in [-0.2, 0) is 0 Å². The third-order valence-corrected chi connectivity index (χ3v) is 3.62. The van der Waals surface area contributed by atoms with Gasteiger partial charge < -0.3 is 5.73 Å². The maximum Gasteiger partial charge on any atom is 0.290 e. The number of carbonyl (C=O) groups excluding carboxylic acids is 1. The first-order chi connectivity index (χ1) is 12.7. The number of carbonyl (C=O) groups is 1. The average molecular weight is 388 g/mol. The van der Waals surface area contributed by atoms with Crippen LogP contribution in [-0.4, -0.2) is 17.0 Å². The number of hydrogen-bond donors (Lipinski definition) is 1. The number of amides is 1. The summed E-state index contributed by atoms with van der Waals surface area (Å²) in [5.74, 6) is -0.508. The van der Waals surface area contributed by atoms with Crippen LogP contribution in [0.5, 0.6) is 0 Å². The lowest BCUT2D eigenvalue weighted by molar-refractivity contribution is -0.385. The summed E-state index contributed by atoms with van der Waals surface area (Å²) in [6, 6.07) is 4.31. The molecule has 0 spiro atoms. The lowest BCUT2D eigenvalue weighted by atomic mass is 10.00. The molecule has 0 aliphatic rings. The highest BCUT2D eigenvalue weighted by Gasteiger charge is 2.21. The van der Waals surface area contributed by atoms with E-state index in [-0.39, 0.29) is 24.2 Å². The molecular formula is C22H33N3O3. The van der Waals surface area contributed by atoms with Gasteiger partial charge in [-0.15, -0.1) is 0 Å². The standard InChI is InChI=1S/C18H21N3O3.C3H8.CH4/c1-5-12(2)13(3)9-10-14(4)20-11-15-7-6-8-16(18(19)22)17(15)21(23)24;1-3-2;/h6-12H,3-5H2,1-2H3,(H2,19,22);3H2,1-2H3;1H4/b10-9-,20-11?;;/t12-;;/m1../s1. The first-order valence-corrected chi connectivity index (χ1v) is 8.86. The van der Waals surface area contributed by atoms with Crippen molar-refractivity contribution in [3.8, 4) is 0 Å². The maximum atomic E-state index is 11.3. The van der Waals surface area contributed by atoms with Gasteiger partial charge in [-0.1, -0.05) is 72.4 Å². The van der Waals surface area contributed by atoms with Crippen molar-refractivity contribution in [2.45, 2.75) is 48.0 Å². The van der Waals surface area contributed by atoms with Crippen LogP contribution >= 0.6 is 0 Å². The summed E-state index contributed by atoms with van der Waals surface area (Å²) in [5, 5.41) is 11.2. The van der Waals surface area contributed by atoms with Crippen molar-refractivity contribution in [3.63, 3.8) is 0 Å². The summed E-state index contributed by atoms with van der Waals surface area (Å²) >= 11 is 0. The van der Waals surface area contributed by atoms with Crippen LogP contribution < -0.4 is 5.73 Å². The fraction of sp³-hybridized carbons (Fsp3) is 0.364. The molecule has 0 saturated carbocycles. The molecule has 0 saturated heterocycles. The van der Waals surface area contributed by atoms with Crippen molar-refractivity contribution in [2.75, 3.05) is 0 Å². The van der Waals surface area contributed by atoms with E-state index in [1.165, 1.54) is 30.8 Å². The number of nitro groups is 1. The molecule has 6 nitrogen and oxygen atoms in total. The van der Waals surface area contributed by atoms with E-state index in [4.69, 9.17) is 5.73 Å². The second kappa shape index (κ2) is 14.1. The normalized spacial score (nSPS) is 11.3. The zero-order valence-corrected chi connectivity index (χ0v) is 16.6. The summed E-state index contributed by atoms with van der Waals surface area (Å²) in [6.45, 7) is 16.1. The van der Waals surface area contributed by atoms with Crippen LogP contribution in [0, 0.1) is 16.0 Å². The highest BCUT2D eigenvalue weighted by atomic mass is 16.6. The van der Waals surface area contributed by atoms with E-state index in [2.05, 4.69) is 45.8 Å². The lowest BCUT2D eigenvalue weighted by Gasteiger charge is -2.07. The number of nitrogens with zero attached hydrogens (tertiary/aromatic N) is 2. The predicted molar refractivity (Wildman–Crippen MR) is 119 cm³/mol. The van der Waals surface area contributed by atoms with Crippen LogP contribution in [0.2, 0.25) is 0 Å². The van der Waals surface area contributed by atoms with Crippen molar-refractivity contribution in [1.82, 2.24) is 0 Å². The molecule has 1 aromatic rings. The van der Waals surface area contributed by atoms with Gasteiger partial charge in [0.2, 0.25) is 0 Å². The second-order valence-corrected chi connectivity index (χ2v) is 6.04. The monoisotopic (exact) mass is 387 g/mol. The minimum Gasteiger partial charge on any atom is -0.365 e. The molecule has 2 N–H and O–H groups in total. The van der Waals surface area contributed by atoms with Gasteiger partial charge >= 0.3 is 0 Å². The van der Waals surface area contributed by atoms with Gasteiger partial charge in [0, 0.05) is 6.21 Å². The van der Waals surface area contributed by atoms with Crippen molar-refractivity contribution in [1.29, 1.82) is 0 Å². The molecule has 1 amide bonds. The van der Waals surface area contributed by atoms with Gasteiger partial charge in [-0.25, -0.2) is 0 Å².